The number of nitrogens with two attached hydrogens (primary N) is 1. The van der Waals surface area contributed by atoms with E-state index < -0.39 is 0 Å². The quantitative estimate of drug-likeness (QED) is 0.831. The molecule has 18 heavy (non-hydrogen) atoms. The second-order valence-corrected chi connectivity index (χ2v) is 4.93. The molecule has 0 radical (unpaired) electrons. The Morgan fingerprint density at radius 1 is 1.28 bits per heavy atom. The van der Waals surface area contributed by atoms with Crippen molar-refractivity contribution in [2.24, 2.45) is 5.73 Å². The molecule has 0 aliphatic carbocycles. The standard InChI is InChI=1S/C14H22N2O2/c1-3-14(15)10-16(11-14)8-9-18-13-7-5-4-6-12(13)17-2/h4-7H,3,8-11,15H2,1-2H3. The maximum absolute atomic E-state index is 6.12. The minimum Gasteiger partial charge on any atom is -0.493 e. The van der Waals surface area contributed by atoms with Crippen LogP contribution in [0.1, 0.15) is 13.3 Å². The van der Waals surface area contributed by atoms with Crippen LogP contribution in [0.5, 0.6) is 11.5 Å². The third kappa shape index (κ3) is 2.94. The van der Waals surface area contributed by atoms with Crippen LogP contribution < -0.4 is 15.2 Å². The number of hydrogen-bond acceptors (Lipinski definition) is 4. The van der Waals surface area contributed by atoms with Gasteiger partial charge in [-0.2, -0.15) is 0 Å². The van der Waals surface area contributed by atoms with Crippen molar-refractivity contribution < 1.29 is 9.47 Å². The number of rotatable bonds is 6. The van der Waals surface area contributed by atoms with Gasteiger partial charge in [-0.15, -0.1) is 0 Å². The normalized spacial score (nSPS) is 18.2. The SMILES string of the molecule is CCC1(N)CN(CCOc2ccccc2OC)C1. The lowest BCUT2D eigenvalue weighted by Crippen LogP contribution is -2.67. The van der Waals surface area contributed by atoms with E-state index in [9.17, 15) is 0 Å². The topological polar surface area (TPSA) is 47.7 Å². The van der Waals surface area contributed by atoms with Gasteiger partial charge in [0.05, 0.1) is 7.11 Å². The van der Waals surface area contributed by atoms with Gasteiger partial charge in [0.2, 0.25) is 0 Å². The summed E-state index contributed by atoms with van der Waals surface area (Å²) in [5.74, 6) is 1.58. The van der Waals surface area contributed by atoms with Gasteiger partial charge in [-0.3, -0.25) is 4.90 Å². The minimum absolute atomic E-state index is 0.0322. The summed E-state index contributed by atoms with van der Waals surface area (Å²) in [6, 6.07) is 7.71. The fourth-order valence-corrected chi connectivity index (χ4v) is 2.25. The molecule has 1 fully saturated rings. The molecule has 4 nitrogen and oxygen atoms in total. The Labute approximate surface area is 109 Å². The zero-order chi connectivity index (χ0) is 13.0. The number of benzene rings is 1. The van der Waals surface area contributed by atoms with Crippen LogP contribution in [0.4, 0.5) is 0 Å². The molecule has 4 heteroatoms. The van der Waals surface area contributed by atoms with E-state index in [1.165, 1.54) is 0 Å². The number of para-hydroxylation sites is 2. The molecule has 0 aromatic heterocycles. The molecule has 100 valence electrons. The van der Waals surface area contributed by atoms with Gasteiger partial charge in [0.1, 0.15) is 6.61 Å². The Balaban J connectivity index is 1.73. The molecule has 1 aromatic rings. The molecule has 2 N–H and O–H groups in total. The van der Waals surface area contributed by atoms with Crippen LogP contribution in [0.25, 0.3) is 0 Å². The first-order valence-corrected chi connectivity index (χ1v) is 6.44. The van der Waals surface area contributed by atoms with Crippen molar-refractivity contribution in [3.05, 3.63) is 24.3 Å². The molecule has 1 aliphatic heterocycles. The van der Waals surface area contributed by atoms with Crippen LogP contribution in [-0.2, 0) is 0 Å². The van der Waals surface area contributed by atoms with Crippen LogP contribution in [0.3, 0.4) is 0 Å². The smallest absolute Gasteiger partial charge is 0.161 e. The van der Waals surface area contributed by atoms with E-state index in [-0.39, 0.29) is 5.54 Å². The first-order valence-electron chi connectivity index (χ1n) is 6.44. The maximum atomic E-state index is 6.12. The summed E-state index contributed by atoms with van der Waals surface area (Å²) in [6.45, 7) is 5.66. The highest BCUT2D eigenvalue weighted by Crippen LogP contribution is 2.26. The van der Waals surface area contributed by atoms with E-state index in [4.69, 9.17) is 15.2 Å². The van der Waals surface area contributed by atoms with Crippen molar-refractivity contribution in [2.75, 3.05) is 33.4 Å². The van der Waals surface area contributed by atoms with E-state index in [1.807, 2.05) is 24.3 Å². The van der Waals surface area contributed by atoms with E-state index in [0.29, 0.717) is 6.61 Å². The number of methoxy groups -OCH3 is 1. The number of nitrogens with zero attached hydrogens (tertiary/aromatic N) is 1. The van der Waals surface area contributed by atoms with Gasteiger partial charge in [-0.25, -0.2) is 0 Å². The van der Waals surface area contributed by atoms with E-state index in [2.05, 4.69) is 11.8 Å². The third-order valence-corrected chi connectivity index (χ3v) is 3.52. The van der Waals surface area contributed by atoms with Gasteiger partial charge in [0, 0.05) is 25.2 Å². The predicted octanol–water partition coefficient (Wildman–Crippen LogP) is 1.50. The number of hydrogen-bond donors (Lipinski definition) is 1. The van der Waals surface area contributed by atoms with Gasteiger partial charge in [0.25, 0.3) is 0 Å². The number of ether oxygens (including phenoxy) is 2. The fraction of sp³-hybridized carbons (Fsp3) is 0.571. The van der Waals surface area contributed by atoms with Crippen molar-refractivity contribution in [1.82, 2.24) is 4.90 Å². The lowest BCUT2D eigenvalue weighted by atomic mass is 9.88. The molecule has 1 aliphatic rings. The molecular formula is C14H22N2O2. The molecular weight excluding hydrogens is 228 g/mol. The van der Waals surface area contributed by atoms with Gasteiger partial charge in [-0.05, 0) is 18.6 Å². The Bertz CT molecular complexity index is 389. The minimum atomic E-state index is 0.0322. The van der Waals surface area contributed by atoms with E-state index in [1.54, 1.807) is 7.11 Å². The molecule has 1 saturated heterocycles. The second-order valence-electron chi connectivity index (χ2n) is 4.93. The third-order valence-electron chi connectivity index (χ3n) is 3.52. The Morgan fingerprint density at radius 2 is 1.94 bits per heavy atom. The summed E-state index contributed by atoms with van der Waals surface area (Å²) in [4.78, 5) is 2.32. The Hall–Kier alpha value is -1.26. The van der Waals surface area contributed by atoms with Gasteiger partial charge in [0.15, 0.2) is 11.5 Å². The summed E-state index contributed by atoms with van der Waals surface area (Å²) < 4.78 is 11.0. The van der Waals surface area contributed by atoms with E-state index in [0.717, 1.165) is 37.6 Å². The Kier molecular flexibility index (Phi) is 4.09. The molecule has 0 atom stereocenters. The second kappa shape index (κ2) is 5.59. The lowest BCUT2D eigenvalue weighted by Gasteiger charge is -2.47. The average Bonchev–Trinajstić information content (AvgIpc) is 2.37. The Morgan fingerprint density at radius 3 is 2.56 bits per heavy atom. The van der Waals surface area contributed by atoms with Gasteiger partial charge in [-0.1, -0.05) is 19.1 Å². The highest BCUT2D eigenvalue weighted by atomic mass is 16.5. The van der Waals surface area contributed by atoms with Crippen molar-refractivity contribution in [1.29, 1.82) is 0 Å². The average molecular weight is 250 g/mol. The highest BCUT2D eigenvalue weighted by Gasteiger charge is 2.37. The molecule has 1 heterocycles. The molecule has 0 bridgehead atoms. The zero-order valence-electron chi connectivity index (χ0n) is 11.2. The highest BCUT2D eigenvalue weighted by molar-refractivity contribution is 5.39. The van der Waals surface area contributed by atoms with Crippen LogP contribution in [0.15, 0.2) is 24.3 Å². The summed E-state index contributed by atoms with van der Waals surface area (Å²) in [5.41, 5.74) is 6.15. The zero-order valence-corrected chi connectivity index (χ0v) is 11.2. The van der Waals surface area contributed by atoms with Crippen molar-refractivity contribution in [3.63, 3.8) is 0 Å². The van der Waals surface area contributed by atoms with Crippen LogP contribution in [0.2, 0.25) is 0 Å². The first-order chi connectivity index (χ1) is 8.67. The van der Waals surface area contributed by atoms with Gasteiger partial charge < -0.3 is 15.2 Å². The molecule has 2 rings (SSSR count). The number of likely N-dealkylation sites (tertiary alicyclic amines) is 1. The van der Waals surface area contributed by atoms with Crippen LogP contribution in [0, 0.1) is 0 Å². The maximum Gasteiger partial charge on any atom is 0.161 e. The summed E-state index contributed by atoms with van der Waals surface area (Å²) in [5, 5.41) is 0. The largest absolute Gasteiger partial charge is 0.493 e. The molecule has 0 spiro atoms. The summed E-state index contributed by atoms with van der Waals surface area (Å²) >= 11 is 0. The fourth-order valence-electron chi connectivity index (χ4n) is 2.25. The summed E-state index contributed by atoms with van der Waals surface area (Å²) in [6.07, 6.45) is 1.04. The van der Waals surface area contributed by atoms with Crippen molar-refractivity contribution in [3.8, 4) is 11.5 Å². The monoisotopic (exact) mass is 250 g/mol. The van der Waals surface area contributed by atoms with Crippen LogP contribution in [-0.4, -0.2) is 43.8 Å². The van der Waals surface area contributed by atoms with Crippen LogP contribution >= 0.6 is 0 Å². The molecule has 0 amide bonds. The summed E-state index contributed by atoms with van der Waals surface area (Å²) in [7, 11) is 1.65. The van der Waals surface area contributed by atoms with E-state index >= 15 is 0 Å². The van der Waals surface area contributed by atoms with Crippen molar-refractivity contribution in [2.45, 2.75) is 18.9 Å². The molecule has 0 unspecified atom stereocenters. The molecule has 1 aromatic carbocycles. The first kappa shape index (κ1) is 13.2. The molecule has 0 saturated carbocycles. The predicted molar refractivity (Wildman–Crippen MR) is 72.1 cm³/mol. The lowest BCUT2D eigenvalue weighted by molar-refractivity contribution is 0.0546. The van der Waals surface area contributed by atoms with Gasteiger partial charge >= 0.3 is 0 Å². The van der Waals surface area contributed by atoms with Crippen molar-refractivity contribution >= 4 is 0 Å².